The Morgan fingerprint density at radius 2 is 2.36 bits per heavy atom. The van der Waals surface area contributed by atoms with Crippen molar-refractivity contribution in [2.75, 3.05) is 12.3 Å². The van der Waals surface area contributed by atoms with E-state index in [0.29, 0.717) is 5.92 Å². The Bertz CT molecular complexity index is 265. The van der Waals surface area contributed by atoms with E-state index in [1.807, 2.05) is 11.8 Å². The fourth-order valence-electron chi connectivity index (χ4n) is 2.24. The molecule has 1 saturated carbocycles. The monoisotopic (exact) mass is 213 g/mol. The first-order valence-corrected chi connectivity index (χ1v) is 6.16. The highest BCUT2D eigenvalue weighted by atomic mass is 32.2. The molecule has 2 atom stereocenters. The van der Waals surface area contributed by atoms with Crippen molar-refractivity contribution in [3.8, 4) is 0 Å². The molecule has 1 aliphatic heterocycles. The first-order valence-electron chi connectivity index (χ1n) is 5.17. The van der Waals surface area contributed by atoms with Crippen LogP contribution in [0.25, 0.3) is 0 Å². The lowest BCUT2D eigenvalue weighted by Crippen LogP contribution is -2.25. The van der Waals surface area contributed by atoms with E-state index in [1.165, 1.54) is 5.04 Å². The Kier molecular flexibility index (Phi) is 3.11. The highest BCUT2D eigenvalue weighted by Crippen LogP contribution is 2.34. The van der Waals surface area contributed by atoms with Crippen molar-refractivity contribution in [2.24, 2.45) is 16.8 Å². The quantitative estimate of drug-likeness (QED) is 0.763. The zero-order valence-corrected chi connectivity index (χ0v) is 8.92. The molecule has 0 aromatic rings. The van der Waals surface area contributed by atoms with Gasteiger partial charge in [-0.15, -0.1) is 11.8 Å². The summed E-state index contributed by atoms with van der Waals surface area (Å²) in [4.78, 5) is 15.3. The third kappa shape index (κ3) is 2.11. The highest BCUT2D eigenvalue weighted by Gasteiger charge is 2.30. The highest BCUT2D eigenvalue weighted by molar-refractivity contribution is 8.14. The lowest BCUT2D eigenvalue weighted by atomic mass is 9.82. The molecule has 1 N–H and O–H groups in total. The van der Waals surface area contributed by atoms with Crippen LogP contribution in [0.2, 0.25) is 0 Å². The van der Waals surface area contributed by atoms with Gasteiger partial charge in [0.05, 0.1) is 11.0 Å². The SMILES string of the molecule is O=C(O)C1CCCC(C2=NCCS2)C1. The van der Waals surface area contributed by atoms with Crippen molar-refractivity contribution in [3.63, 3.8) is 0 Å². The first kappa shape index (κ1) is 10.0. The summed E-state index contributed by atoms with van der Waals surface area (Å²) in [7, 11) is 0. The molecule has 2 aliphatic rings. The molecule has 14 heavy (non-hydrogen) atoms. The topological polar surface area (TPSA) is 49.7 Å². The molecule has 3 nitrogen and oxygen atoms in total. The zero-order chi connectivity index (χ0) is 9.97. The second-order valence-corrected chi connectivity index (χ2v) is 5.08. The van der Waals surface area contributed by atoms with Gasteiger partial charge in [-0.25, -0.2) is 0 Å². The molecule has 0 aromatic carbocycles. The maximum Gasteiger partial charge on any atom is 0.306 e. The number of aliphatic carboxylic acids is 1. The Morgan fingerprint density at radius 3 is 3.00 bits per heavy atom. The Morgan fingerprint density at radius 1 is 1.50 bits per heavy atom. The van der Waals surface area contributed by atoms with Gasteiger partial charge in [0.25, 0.3) is 0 Å². The standard InChI is InChI=1S/C10H15NO2S/c12-10(13)8-3-1-2-7(6-8)9-11-4-5-14-9/h7-8H,1-6H2,(H,12,13). The van der Waals surface area contributed by atoms with Crippen LogP contribution in [-0.2, 0) is 4.79 Å². The molecule has 1 aliphatic carbocycles. The summed E-state index contributed by atoms with van der Waals surface area (Å²) < 4.78 is 0. The molecule has 1 fully saturated rings. The minimum absolute atomic E-state index is 0.127. The number of hydrogen-bond acceptors (Lipinski definition) is 3. The molecule has 0 bridgehead atoms. The third-order valence-electron chi connectivity index (χ3n) is 2.98. The van der Waals surface area contributed by atoms with Gasteiger partial charge in [0, 0.05) is 18.2 Å². The van der Waals surface area contributed by atoms with Gasteiger partial charge < -0.3 is 5.11 Å². The van der Waals surface area contributed by atoms with Crippen LogP contribution in [-0.4, -0.2) is 28.4 Å². The Hall–Kier alpha value is -0.510. The molecular formula is C10H15NO2S. The van der Waals surface area contributed by atoms with E-state index in [1.54, 1.807) is 0 Å². The normalized spacial score (nSPS) is 32.7. The van der Waals surface area contributed by atoms with Gasteiger partial charge in [0.1, 0.15) is 0 Å². The molecule has 2 rings (SSSR count). The largest absolute Gasteiger partial charge is 0.481 e. The van der Waals surface area contributed by atoms with Crippen molar-refractivity contribution in [2.45, 2.75) is 25.7 Å². The van der Waals surface area contributed by atoms with Crippen molar-refractivity contribution in [1.82, 2.24) is 0 Å². The lowest BCUT2D eigenvalue weighted by Gasteiger charge is -2.26. The summed E-state index contributed by atoms with van der Waals surface area (Å²) in [6, 6.07) is 0. The average molecular weight is 213 g/mol. The van der Waals surface area contributed by atoms with Gasteiger partial charge in [-0.1, -0.05) is 6.42 Å². The zero-order valence-electron chi connectivity index (χ0n) is 8.11. The number of carbonyl (C=O) groups is 1. The summed E-state index contributed by atoms with van der Waals surface area (Å²) in [5, 5.41) is 10.2. The third-order valence-corrected chi connectivity index (χ3v) is 4.13. The van der Waals surface area contributed by atoms with E-state index in [2.05, 4.69) is 4.99 Å². The van der Waals surface area contributed by atoms with E-state index < -0.39 is 5.97 Å². The summed E-state index contributed by atoms with van der Waals surface area (Å²) in [5.41, 5.74) is 0. The van der Waals surface area contributed by atoms with Crippen LogP contribution >= 0.6 is 11.8 Å². The Labute approximate surface area is 88.0 Å². The molecule has 0 amide bonds. The van der Waals surface area contributed by atoms with Gasteiger partial charge in [0.15, 0.2) is 0 Å². The summed E-state index contributed by atoms with van der Waals surface area (Å²) in [6.07, 6.45) is 3.84. The molecule has 0 spiro atoms. The fraction of sp³-hybridized carbons (Fsp3) is 0.800. The summed E-state index contributed by atoms with van der Waals surface area (Å²) in [5.74, 6) is 0.775. The van der Waals surface area contributed by atoms with Crippen LogP contribution in [0.1, 0.15) is 25.7 Å². The molecule has 0 radical (unpaired) electrons. The molecule has 78 valence electrons. The van der Waals surface area contributed by atoms with Crippen LogP contribution in [0.4, 0.5) is 0 Å². The van der Waals surface area contributed by atoms with E-state index in [0.717, 1.165) is 38.0 Å². The fourth-order valence-corrected chi connectivity index (χ4v) is 3.26. The van der Waals surface area contributed by atoms with Crippen LogP contribution in [0.3, 0.4) is 0 Å². The second kappa shape index (κ2) is 4.34. The number of rotatable bonds is 2. The predicted molar refractivity (Wildman–Crippen MR) is 57.8 cm³/mol. The van der Waals surface area contributed by atoms with Crippen LogP contribution in [0.15, 0.2) is 4.99 Å². The number of carboxylic acid groups (broad SMARTS) is 1. The maximum atomic E-state index is 10.9. The van der Waals surface area contributed by atoms with Gasteiger partial charge in [-0.05, 0) is 19.3 Å². The van der Waals surface area contributed by atoms with Crippen LogP contribution < -0.4 is 0 Å². The molecule has 4 heteroatoms. The van der Waals surface area contributed by atoms with Crippen molar-refractivity contribution in [3.05, 3.63) is 0 Å². The van der Waals surface area contributed by atoms with E-state index in [4.69, 9.17) is 5.11 Å². The van der Waals surface area contributed by atoms with Crippen LogP contribution in [0, 0.1) is 11.8 Å². The Balaban J connectivity index is 1.96. The smallest absolute Gasteiger partial charge is 0.306 e. The summed E-state index contributed by atoms with van der Waals surface area (Å²) >= 11 is 1.82. The van der Waals surface area contributed by atoms with Gasteiger partial charge in [0.2, 0.25) is 0 Å². The molecule has 2 unspecified atom stereocenters. The van der Waals surface area contributed by atoms with Gasteiger partial charge in [-0.2, -0.15) is 0 Å². The van der Waals surface area contributed by atoms with E-state index in [9.17, 15) is 4.79 Å². The number of thioether (sulfide) groups is 1. The molecule has 1 heterocycles. The average Bonchev–Trinajstić information content (AvgIpc) is 2.71. The second-order valence-electron chi connectivity index (χ2n) is 3.97. The first-order chi connectivity index (χ1) is 6.77. The number of hydrogen-bond donors (Lipinski definition) is 1. The molecule has 0 aromatic heterocycles. The maximum absolute atomic E-state index is 10.9. The number of carboxylic acids is 1. The van der Waals surface area contributed by atoms with Crippen LogP contribution in [0.5, 0.6) is 0 Å². The minimum atomic E-state index is -0.627. The number of nitrogens with zero attached hydrogens (tertiary/aromatic N) is 1. The van der Waals surface area contributed by atoms with E-state index >= 15 is 0 Å². The molecule has 0 saturated heterocycles. The van der Waals surface area contributed by atoms with Crippen molar-refractivity contribution < 1.29 is 9.90 Å². The van der Waals surface area contributed by atoms with E-state index in [-0.39, 0.29) is 5.92 Å². The minimum Gasteiger partial charge on any atom is -0.481 e. The predicted octanol–water partition coefficient (Wildman–Crippen LogP) is 2.02. The van der Waals surface area contributed by atoms with Crippen molar-refractivity contribution >= 4 is 22.8 Å². The summed E-state index contributed by atoms with van der Waals surface area (Å²) in [6.45, 7) is 0.925. The lowest BCUT2D eigenvalue weighted by molar-refractivity contribution is -0.143. The van der Waals surface area contributed by atoms with Gasteiger partial charge in [-0.3, -0.25) is 9.79 Å². The molecular weight excluding hydrogens is 198 g/mol. The number of aliphatic imine (C=N–C) groups is 1. The van der Waals surface area contributed by atoms with Gasteiger partial charge >= 0.3 is 5.97 Å². The van der Waals surface area contributed by atoms with Crippen molar-refractivity contribution in [1.29, 1.82) is 0 Å².